The molecule has 0 saturated carbocycles. The third kappa shape index (κ3) is 2.98. The van der Waals surface area contributed by atoms with Gasteiger partial charge in [-0.15, -0.1) is 0 Å². The molecule has 3 rings (SSSR count). The molecule has 0 fully saturated rings. The fourth-order valence-corrected chi connectivity index (χ4v) is 2.66. The van der Waals surface area contributed by atoms with Crippen molar-refractivity contribution in [2.45, 2.75) is 20.3 Å². The van der Waals surface area contributed by atoms with Crippen molar-refractivity contribution in [1.82, 2.24) is 0 Å². The van der Waals surface area contributed by atoms with Gasteiger partial charge in [0.25, 0.3) is 5.91 Å². The lowest BCUT2D eigenvalue weighted by molar-refractivity contribution is 0.0989. The molecule has 0 radical (unpaired) electrons. The first-order valence-corrected chi connectivity index (χ1v) is 7.78. The van der Waals surface area contributed by atoms with Gasteiger partial charge in [-0.2, -0.15) is 0 Å². The van der Waals surface area contributed by atoms with Gasteiger partial charge in [-0.05, 0) is 48.2 Å². The molecule has 0 atom stereocenters. The Labute approximate surface area is 131 Å². The number of anilines is 1. The molecule has 1 aliphatic rings. The van der Waals surface area contributed by atoms with Crippen LogP contribution in [0.5, 0.6) is 5.75 Å². The van der Waals surface area contributed by atoms with E-state index in [2.05, 4.69) is 19.9 Å². The highest BCUT2D eigenvalue weighted by Gasteiger charge is 2.24. The Morgan fingerprint density at radius 2 is 1.86 bits per heavy atom. The second kappa shape index (κ2) is 6.22. The Kier molecular flexibility index (Phi) is 4.14. The molecule has 0 bridgehead atoms. The normalized spacial score (nSPS) is 13.3. The lowest BCUT2D eigenvalue weighted by atomic mass is 10.1. The van der Waals surface area contributed by atoms with E-state index in [-0.39, 0.29) is 5.91 Å². The molecule has 22 heavy (non-hydrogen) atoms. The highest BCUT2D eigenvalue weighted by atomic mass is 16.5. The molecular formula is C19H21NO2. The highest BCUT2D eigenvalue weighted by molar-refractivity contribution is 6.07. The van der Waals surface area contributed by atoms with E-state index < -0.39 is 0 Å². The van der Waals surface area contributed by atoms with Crippen molar-refractivity contribution in [2.75, 3.05) is 18.1 Å². The number of benzene rings is 2. The molecule has 0 aromatic heterocycles. The van der Waals surface area contributed by atoms with Gasteiger partial charge in [0.15, 0.2) is 0 Å². The predicted octanol–water partition coefficient (Wildman–Crippen LogP) is 3.92. The summed E-state index contributed by atoms with van der Waals surface area (Å²) in [5.74, 6) is 1.36. The minimum absolute atomic E-state index is 0.0559. The smallest absolute Gasteiger partial charge is 0.258 e. The van der Waals surface area contributed by atoms with Gasteiger partial charge >= 0.3 is 0 Å². The number of carbonyl (C=O) groups is 1. The monoisotopic (exact) mass is 295 g/mol. The zero-order valence-electron chi connectivity index (χ0n) is 13.1. The Bertz CT molecular complexity index is 661. The van der Waals surface area contributed by atoms with Crippen LogP contribution in [0.1, 0.15) is 29.8 Å². The zero-order chi connectivity index (χ0) is 15.5. The van der Waals surface area contributed by atoms with Crippen LogP contribution in [0.3, 0.4) is 0 Å². The van der Waals surface area contributed by atoms with E-state index in [4.69, 9.17) is 4.74 Å². The summed E-state index contributed by atoms with van der Waals surface area (Å²) in [4.78, 5) is 14.5. The molecule has 114 valence electrons. The van der Waals surface area contributed by atoms with E-state index >= 15 is 0 Å². The van der Waals surface area contributed by atoms with Crippen molar-refractivity contribution in [2.24, 2.45) is 5.92 Å². The Balaban J connectivity index is 1.73. The summed E-state index contributed by atoms with van der Waals surface area (Å²) in [6.45, 7) is 5.67. The van der Waals surface area contributed by atoms with Crippen molar-refractivity contribution >= 4 is 11.6 Å². The van der Waals surface area contributed by atoms with Crippen LogP contribution in [0.2, 0.25) is 0 Å². The largest absolute Gasteiger partial charge is 0.493 e. The van der Waals surface area contributed by atoms with Crippen molar-refractivity contribution in [3.05, 3.63) is 59.7 Å². The van der Waals surface area contributed by atoms with Gasteiger partial charge in [0.1, 0.15) is 5.75 Å². The lowest BCUT2D eigenvalue weighted by Gasteiger charge is -2.17. The van der Waals surface area contributed by atoms with Crippen LogP contribution in [0.25, 0.3) is 0 Å². The Hall–Kier alpha value is -2.29. The number of hydrogen-bond acceptors (Lipinski definition) is 2. The molecule has 0 aliphatic carbocycles. The van der Waals surface area contributed by atoms with Crippen LogP contribution in [0, 0.1) is 5.92 Å². The summed E-state index contributed by atoms with van der Waals surface area (Å²) in [6.07, 6.45) is 0.928. The minimum atomic E-state index is 0.0559. The number of hydrogen-bond donors (Lipinski definition) is 0. The highest BCUT2D eigenvalue weighted by Crippen LogP contribution is 2.29. The van der Waals surface area contributed by atoms with Crippen LogP contribution in [0.4, 0.5) is 5.69 Å². The summed E-state index contributed by atoms with van der Waals surface area (Å²) >= 11 is 0. The molecule has 3 nitrogen and oxygen atoms in total. The fraction of sp³-hybridized carbons (Fsp3) is 0.316. The maximum atomic E-state index is 12.7. The van der Waals surface area contributed by atoms with Crippen LogP contribution in [0.15, 0.2) is 48.5 Å². The molecular weight excluding hydrogens is 274 g/mol. The van der Waals surface area contributed by atoms with Gasteiger partial charge in [0.2, 0.25) is 0 Å². The number of fused-ring (bicyclic) bond motifs is 1. The molecule has 3 heteroatoms. The van der Waals surface area contributed by atoms with Gasteiger partial charge in [0, 0.05) is 17.8 Å². The van der Waals surface area contributed by atoms with Gasteiger partial charge in [-0.3, -0.25) is 4.79 Å². The third-order valence-corrected chi connectivity index (χ3v) is 3.82. The number of nitrogens with zero attached hydrogens (tertiary/aromatic N) is 1. The number of ether oxygens (including phenoxy) is 1. The molecule has 0 N–H and O–H groups in total. The molecule has 0 spiro atoms. The second-order valence-electron chi connectivity index (χ2n) is 6.06. The third-order valence-electron chi connectivity index (χ3n) is 3.82. The number of rotatable bonds is 4. The van der Waals surface area contributed by atoms with Gasteiger partial charge in [-0.25, -0.2) is 0 Å². The van der Waals surface area contributed by atoms with Gasteiger partial charge in [0.05, 0.1) is 6.61 Å². The van der Waals surface area contributed by atoms with E-state index in [9.17, 15) is 4.79 Å². The predicted molar refractivity (Wildman–Crippen MR) is 88.6 cm³/mol. The fourth-order valence-electron chi connectivity index (χ4n) is 2.66. The first kappa shape index (κ1) is 14.6. The molecule has 0 saturated heterocycles. The lowest BCUT2D eigenvalue weighted by Crippen LogP contribution is -2.28. The summed E-state index contributed by atoms with van der Waals surface area (Å²) in [6, 6.07) is 15.5. The molecule has 0 unspecified atom stereocenters. The zero-order valence-corrected chi connectivity index (χ0v) is 13.1. The Morgan fingerprint density at radius 3 is 2.59 bits per heavy atom. The van der Waals surface area contributed by atoms with Crippen molar-refractivity contribution < 1.29 is 9.53 Å². The average molecular weight is 295 g/mol. The van der Waals surface area contributed by atoms with Crippen LogP contribution >= 0.6 is 0 Å². The second-order valence-corrected chi connectivity index (χ2v) is 6.06. The molecule has 1 amide bonds. The SMILES string of the molecule is CC(C)COc1ccc(C(=O)N2CCc3ccccc32)cc1. The number of carbonyl (C=O) groups excluding carboxylic acids is 1. The quantitative estimate of drug-likeness (QED) is 0.855. The maximum Gasteiger partial charge on any atom is 0.258 e. The van der Waals surface area contributed by atoms with E-state index in [1.807, 2.05) is 47.4 Å². The van der Waals surface area contributed by atoms with E-state index in [1.54, 1.807) is 0 Å². The Morgan fingerprint density at radius 1 is 1.14 bits per heavy atom. The number of para-hydroxylation sites is 1. The van der Waals surface area contributed by atoms with Crippen molar-refractivity contribution in [1.29, 1.82) is 0 Å². The minimum Gasteiger partial charge on any atom is -0.493 e. The molecule has 1 heterocycles. The van der Waals surface area contributed by atoms with E-state index in [1.165, 1.54) is 5.56 Å². The summed E-state index contributed by atoms with van der Waals surface area (Å²) in [5, 5.41) is 0. The van der Waals surface area contributed by atoms with Crippen molar-refractivity contribution in [3.63, 3.8) is 0 Å². The molecule has 2 aromatic rings. The van der Waals surface area contributed by atoms with Crippen LogP contribution in [-0.2, 0) is 6.42 Å². The molecule has 1 aliphatic heterocycles. The van der Waals surface area contributed by atoms with Crippen molar-refractivity contribution in [3.8, 4) is 5.75 Å². The topological polar surface area (TPSA) is 29.5 Å². The van der Waals surface area contributed by atoms with E-state index in [0.29, 0.717) is 18.1 Å². The summed E-state index contributed by atoms with van der Waals surface area (Å²) in [5.41, 5.74) is 2.98. The maximum absolute atomic E-state index is 12.7. The number of amides is 1. The molecule has 2 aromatic carbocycles. The van der Waals surface area contributed by atoms with Gasteiger partial charge < -0.3 is 9.64 Å². The standard InChI is InChI=1S/C19H21NO2/c1-14(2)13-22-17-9-7-16(8-10-17)19(21)20-12-11-15-5-3-4-6-18(15)20/h3-10,14H,11-13H2,1-2H3. The van der Waals surface area contributed by atoms with E-state index in [0.717, 1.165) is 24.4 Å². The van der Waals surface area contributed by atoms with Crippen LogP contribution < -0.4 is 9.64 Å². The average Bonchev–Trinajstić information content (AvgIpc) is 2.97. The summed E-state index contributed by atoms with van der Waals surface area (Å²) < 4.78 is 5.66. The summed E-state index contributed by atoms with van der Waals surface area (Å²) in [7, 11) is 0. The van der Waals surface area contributed by atoms with Gasteiger partial charge in [-0.1, -0.05) is 32.0 Å². The van der Waals surface area contributed by atoms with Crippen LogP contribution in [-0.4, -0.2) is 19.1 Å². The first-order chi connectivity index (χ1) is 10.6. The first-order valence-electron chi connectivity index (χ1n) is 7.78.